The third-order valence-corrected chi connectivity index (χ3v) is 11.9. The number of hydrogen-bond donors (Lipinski definition) is 3. The summed E-state index contributed by atoms with van der Waals surface area (Å²) in [5.74, 6) is -0.220. The van der Waals surface area contributed by atoms with E-state index in [1.54, 1.807) is 6.33 Å². The van der Waals surface area contributed by atoms with Gasteiger partial charge in [-0.15, -0.1) is 0 Å². The van der Waals surface area contributed by atoms with Crippen molar-refractivity contribution in [3.63, 3.8) is 0 Å². The van der Waals surface area contributed by atoms with Crippen LogP contribution in [0, 0.1) is 6.92 Å². The van der Waals surface area contributed by atoms with E-state index in [4.69, 9.17) is 9.51 Å². The molecule has 0 unspecified atom stereocenters. The van der Waals surface area contributed by atoms with Gasteiger partial charge in [-0.2, -0.15) is 4.98 Å². The molecular weight excluding hydrogens is 759 g/mol. The van der Waals surface area contributed by atoms with Crippen molar-refractivity contribution in [3.8, 4) is 11.3 Å². The molecule has 2 aliphatic rings. The summed E-state index contributed by atoms with van der Waals surface area (Å²) in [7, 11) is 1.95. The van der Waals surface area contributed by atoms with E-state index in [9.17, 15) is 14.4 Å². The Bertz CT molecular complexity index is 2490. The number of aryl methyl sites for hydroxylation is 1. The number of nitrogens with one attached hydrogen (secondary N) is 3. The number of amides is 3. The van der Waals surface area contributed by atoms with Crippen molar-refractivity contribution in [1.29, 1.82) is 0 Å². The number of benzene rings is 3. The lowest BCUT2D eigenvalue weighted by Crippen LogP contribution is -2.63. The van der Waals surface area contributed by atoms with Crippen LogP contribution in [0.15, 0.2) is 71.5 Å². The maximum absolute atomic E-state index is 12.7. The Morgan fingerprint density at radius 3 is 2.50 bits per heavy atom. The fourth-order valence-corrected chi connectivity index (χ4v) is 8.05. The van der Waals surface area contributed by atoms with Crippen molar-refractivity contribution in [1.82, 2.24) is 45.5 Å². The standard InChI is InChI=1S/C45H53N11O4/c1-29-22-31(7-8-32(29)24-46-42(59)43-51-44(52-60-43)45(2,3)4)40-39-36-13-6-30(23-37(36)50-41(39)48-27-47-40)14-17-54-18-20-55(21-19-54)35-25-56(26-35)34-11-9-33(10-12-34)53(5)16-15-38(58)49-28-57/h6-13,22-23,27-28,35H,14-21,24-26H2,1-5H3,(H,46,59)(H,47,48,50)(H,49,57,58). The Balaban J connectivity index is 0.820. The first-order valence-electron chi connectivity index (χ1n) is 20.7. The number of piperazine rings is 1. The predicted molar refractivity (Wildman–Crippen MR) is 232 cm³/mol. The molecule has 15 nitrogen and oxygen atoms in total. The van der Waals surface area contributed by atoms with E-state index in [-0.39, 0.29) is 23.6 Å². The van der Waals surface area contributed by atoms with Crippen LogP contribution in [0.25, 0.3) is 33.2 Å². The predicted octanol–water partition coefficient (Wildman–Crippen LogP) is 4.84. The molecule has 2 saturated heterocycles. The molecule has 3 N–H and O–H groups in total. The normalized spacial score (nSPS) is 15.3. The lowest BCUT2D eigenvalue weighted by molar-refractivity contribution is -0.125. The minimum absolute atomic E-state index is 0.0402. The lowest BCUT2D eigenvalue weighted by Gasteiger charge is -2.49. The summed E-state index contributed by atoms with van der Waals surface area (Å²) in [4.78, 5) is 61.7. The molecule has 0 bridgehead atoms. The van der Waals surface area contributed by atoms with Crippen molar-refractivity contribution in [2.75, 3.05) is 69.2 Å². The lowest BCUT2D eigenvalue weighted by atomic mass is 9.96. The van der Waals surface area contributed by atoms with Crippen LogP contribution in [0.2, 0.25) is 0 Å². The Morgan fingerprint density at radius 1 is 1.00 bits per heavy atom. The van der Waals surface area contributed by atoms with E-state index in [0.29, 0.717) is 31.4 Å². The van der Waals surface area contributed by atoms with Crippen molar-refractivity contribution in [3.05, 3.63) is 95.4 Å². The molecule has 0 atom stereocenters. The monoisotopic (exact) mass is 811 g/mol. The highest BCUT2D eigenvalue weighted by molar-refractivity contribution is 6.12. The van der Waals surface area contributed by atoms with Gasteiger partial charge in [-0.05, 0) is 66.4 Å². The molecule has 5 heterocycles. The number of H-pyrrole nitrogens is 1. The number of aromatic amines is 1. The number of imide groups is 1. The average Bonchev–Trinajstić information content (AvgIpc) is 3.88. The van der Waals surface area contributed by atoms with Crippen LogP contribution in [0.3, 0.4) is 0 Å². The van der Waals surface area contributed by atoms with Gasteiger partial charge >= 0.3 is 11.8 Å². The Morgan fingerprint density at radius 2 is 1.78 bits per heavy atom. The van der Waals surface area contributed by atoms with Gasteiger partial charge in [-0.1, -0.05) is 50.2 Å². The molecular formula is C45H53N11O4. The molecule has 8 rings (SSSR count). The summed E-state index contributed by atoms with van der Waals surface area (Å²) in [5.41, 5.74) is 8.96. The SMILES string of the molecule is Cc1cc(-c2ncnc3[nH]c4cc(CCN5CCN(C6CN(c7ccc(N(C)CCC(=O)NC=O)cc7)C6)CC5)ccc4c23)ccc1CNC(=O)c1nc(C(C)(C)C)no1. The zero-order valence-electron chi connectivity index (χ0n) is 35.0. The van der Waals surface area contributed by atoms with E-state index in [1.165, 1.54) is 11.3 Å². The first-order valence-corrected chi connectivity index (χ1v) is 20.7. The fourth-order valence-electron chi connectivity index (χ4n) is 8.05. The van der Waals surface area contributed by atoms with Crippen LogP contribution in [0.5, 0.6) is 0 Å². The molecule has 3 aromatic carbocycles. The number of anilines is 2. The Hall–Kier alpha value is -6.19. The van der Waals surface area contributed by atoms with E-state index in [1.807, 2.05) is 51.8 Å². The highest BCUT2D eigenvalue weighted by Gasteiger charge is 2.33. The molecule has 60 heavy (non-hydrogen) atoms. The molecule has 0 aliphatic carbocycles. The van der Waals surface area contributed by atoms with E-state index >= 15 is 0 Å². The van der Waals surface area contributed by atoms with Crippen LogP contribution >= 0.6 is 0 Å². The number of carbonyl (C=O) groups is 3. The molecule has 0 radical (unpaired) electrons. The molecule has 3 amide bonds. The van der Waals surface area contributed by atoms with Crippen LogP contribution in [0.4, 0.5) is 11.4 Å². The summed E-state index contributed by atoms with van der Waals surface area (Å²) in [6.07, 6.45) is 3.28. The van der Waals surface area contributed by atoms with Gasteiger partial charge in [-0.3, -0.25) is 24.6 Å². The van der Waals surface area contributed by atoms with Gasteiger partial charge in [0.2, 0.25) is 12.3 Å². The second-order valence-corrected chi connectivity index (χ2v) is 17.0. The van der Waals surface area contributed by atoms with Gasteiger partial charge in [0.1, 0.15) is 12.0 Å². The summed E-state index contributed by atoms with van der Waals surface area (Å²) in [5, 5.41) is 11.1. The maximum atomic E-state index is 12.7. The molecule has 2 fully saturated rings. The summed E-state index contributed by atoms with van der Waals surface area (Å²) >= 11 is 0. The van der Waals surface area contributed by atoms with Crippen LogP contribution < -0.4 is 20.4 Å². The molecule has 15 heteroatoms. The first-order chi connectivity index (χ1) is 28.9. The van der Waals surface area contributed by atoms with Crippen molar-refractivity contribution in [2.45, 2.75) is 58.5 Å². The smallest absolute Gasteiger partial charge is 0.315 e. The number of fused-ring (bicyclic) bond motifs is 3. The Labute approximate surface area is 349 Å². The number of aromatic nitrogens is 5. The minimum atomic E-state index is -0.401. The highest BCUT2D eigenvalue weighted by atomic mass is 16.5. The maximum Gasteiger partial charge on any atom is 0.315 e. The number of carbonyl (C=O) groups excluding carboxylic acids is 3. The molecule has 6 aromatic rings. The van der Waals surface area contributed by atoms with Gasteiger partial charge < -0.3 is 29.5 Å². The molecule has 0 spiro atoms. The quantitative estimate of drug-likeness (QED) is 0.128. The van der Waals surface area contributed by atoms with Gasteiger partial charge in [0, 0.05) is 112 Å². The topological polar surface area (TPSA) is 169 Å². The zero-order valence-corrected chi connectivity index (χ0v) is 35.0. The summed E-state index contributed by atoms with van der Waals surface area (Å²) in [6.45, 7) is 16.2. The van der Waals surface area contributed by atoms with Crippen LogP contribution in [-0.2, 0) is 28.0 Å². The summed E-state index contributed by atoms with van der Waals surface area (Å²) in [6, 6.07) is 21.9. The molecule has 3 aromatic heterocycles. The van der Waals surface area contributed by atoms with Crippen LogP contribution in [0.1, 0.15) is 60.4 Å². The van der Waals surface area contributed by atoms with Gasteiger partial charge in [0.05, 0.1) is 11.1 Å². The van der Waals surface area contributed by atoms with E-state index in [2.05, 4.69) is 94.0 Å². The zero-order chi connectivity index (χ0) is 42.0. The first kappa shape index (κ1) is 40.6. The van der Waals surface area contributed by atoms with Crippen LogP contribution in [-0.4, -0.2) is 119 Å². The highest BCUT2D eigenvalue weighted by Crippen LogP contribution is 2.34. The van der Waals surface area contributed by atoms with Crippen molar-refractivity contribution >= 4 is 51.5 Å². The second-order valence-electron chi connectivity index (χ2n) is 17.0. The second kappa shape index (κ2) is 17.2. The largest absolute Gasteiger partial charge is 0.374 e. The van der Waals surface area contributed by atoms with E-state index < -0.39 is 5.91 Å². The van der Waals surface area contributed by atoms with Gasteiger partial charge in [0.15, 0.2) is 5.82 Å². The fraction of sp³-hybridized carbons (Fsp3) is 0.400. The average molecular weight is 812 g/mol. The molecule has 2 aliphatic heterocycles. The van der Waals surface area contributed by atoms with Gasteiger partial charge in [-0.25, -0.2) is 9.97 Å². The number of hydrogen-bond acceptors (Lipinski definition) is 12. The minimum Gasteiger partial charge on any atom is -0.374 e. The Kier molecular flexibility index (Phi) is 11.6. The van der Waals surface area contributed by atoms with E-state index in [0.717, 1.165) is 102 Å². The number of nitrogens with zero attached hydrogens (tertiary/aromatic N) is 8. The van der Waals surface area contributed by atoms with Crippen molar-refractivity contribution < 1.29 is 18.9 Å². The molecule has 0 saturated carbocycles. The van der Waals surface area contributed by atoms with Gasteiger partial charge in [0.25, 0.3) is 0 Å². The number of rotatable bonds is 14. The third-order valence-electron chi connectivity index (χ3n) is 11.9. The summed E-state index contributed by atoms with van der Waals surface area (Å²) < 4.78 is 5.21. The van der Waals surface area contributed by atoms with Crippen molar-refractivity contribution in [2.24, 2.45) is 0 Å². The third kappa shape index (κ3) is 8.87. The molecule has 312 valence electrons.